The van der Waals surface area contributed by atoms with E-state index in [4.69, 9.17) is 9.97 Å². The maximum Gasteiger partial charge on any atom is 0.0964 e. The molecule has 3 heterocycles. The molecule has 0 unspecified atom stereocenters. The lowest BCUT2D eigenvalue weighted by atomic mass is 9.87. The number of hydrogen-bond donors (Lipinski definition) is 0. The first-order valence-corrected chi connectivity index (χ1v) is 19.5. The van der Waals surface area contributed by atoms with Crippen molar-refractivity contribution in [2.24, 2.45) is 0 Å². The molecule has 0 aliphatic rings. The Morgan fingerprint density at radius 1 is 0.368 bits per heavy atom. The third-order valence-corrected chi connectivity index (χ3v) is 11.8. The highest BCUT2D eigenvalue weighted by molar-refractivity contribution is 6.36. The molecule has 3 aromatic heterocycles. The van der Waals surface area contributed by atoms with E-state index in [-0.39, 0.29) is 0 Å². The largest absolute Gasteiger partial charge is 0.308 e. The highest BCUT2D eigenvalue weighted by Gasteiger charge is 2.27. The SMILES string of the molecule is c1ccc(-c2c(-c3ccccc3)n(-c3ccc4ccccc4c3)c3c4ccccc4c4cc(-c5cnc6c(ccc7cccnc76)c5)c5ccccc5c4c23)cc1. The smallest absolute Gasteiger partial charge is 0.0964 e. The third-order valence-electron chi connectivity index (χ3n) is 11.8. The summed E-state index contributed by atoms with van der Waals surface area (Å²) in [6, 6.07) is 68.4. The summed E-state index contributed by atoms with van der Waals surface area (Å²) in [6.07, 6.45) is 3.88. The molecule has 0 amide bonds. The van der Waals surface area contributed by atoms with Crippen LogP contribution in [0, 0.1) is 0 Å². The fourth-order valence-corrected chi connectivity index (χ4v) is 9.30. The van der Waals surface area contributed by atoms with Crippen LogP contribution in [0.2, 0.25) is 0 Å². The number of nitrogens with zero attached hydrogens (tertiary/aromatic N) is 3. The summed E-state index contributed by atoms with van der Waals surface area (Å²) in [5.41, 5.74) is 11.2. The molecular formula is C54H33N3. The van der Waals surface area contributed by atoms with Gasteiger partial charge < -0.3 is 4.57 Å². The molecule has 12 rings (SSSR count). The molecule has 0 saturated carbocycles. The lowest BCUT2D eigenvalue weighted by molar-refractivity contribution is 1.14. The van der Waals surface area contributed by atoms with Crippen molar-refractivity contribution in [3.63, 3.8) is 0 Å². The normalized spacial score (nSPS) is 11.9. The Balaban J connectivity index is 1.29. The highest BCUT2D eigenvalue weighted by Crippen LogP contribution is 2.51. The van der Waals surface area contributed by atoms with Gasteiger partial charge in [0.2, 0.25) is 0 Å². The summed E-state index contributed by atoms with van der Waals surface area (Å²) in [5.74, 6) is 0. The van der Waals surface area contributed by atoms with Gasteiger partial charge in [0.15, 0.2) is 0 Å². The molecule has 0 radical (unpaired) electrons. The van der Waals surface area contributed by atoms with E-state index in [9.17, 15) is 0 Å². The molecule has 0 fully saturated rings. The molecule has 12 aromatic rings. The molecule has 0 atom stereocenters. The first-order chi connectivity index (χ1) is 28.3. The Hall–Kier alpha value is -7.62. The van der Waals surface area contributed by atoms with Gasteiger partial charge in [0.1, 0.15) is 0 Å². The topological polar surface area (TPSA) is 30.7 Å². The number of pyridine rings is 2. The Labute approximate surface area is 328 Å². The fourth-order valence-electron chi connectivity index (χ4n) is 9.30. The first kappa shape index (κ1) is 31.7. The van der Waals surface area contributed by atoms with E-state index in [1.807, 2.05) is 18.5 Å². The predicted molar refractivity (Wildman–Crippen MR) is 240 cm³/mol. The Morgan fingerprint density at radius 3 is 1.82 bits per heavy atom. The second-order valence-corrected chi connectivity index (χ2v) is 14.9. The molecule has 9 aromatic carbocycles. The Morgan fingerprint density at radius 2 is 1.00 bits per heavy atom. The summed E-state index contributed by atoms with van der Waals surface area (Å²) in [5, 5.41) is 13.2. The minimum atomic E-state index is 0.921. The minimum Gasteiger partial charge on any atom is -0.308 e. The molecule has 3 heteroatoms. The number of benzene rings is 9. The van der Waals surface area contributed by atoms with Gasteiger partial charge in [-0.25, -0.2) is 0 Å². The minimum absolute atomic E-state index is 0.921. The number of fused-ring (bicyclic) bond motifs is 12. The second kappa shape index (κ2) is 12.5. The molecule has 0 bridgehead atoms. The summed E-state index contributed by atoms with van der Waals surface area (Å²) < 4.78 is 2.54. The fraction of sp³-hybridized carbons (Fsp3) is 0. The van der Waals surface area contributed by atoms with Gasteiger partial charge in [-0.3, -0.25) is 9.97 Å². The first-order valence-electron chi connectivity index (χ1n) is 19.5. The Bertz CT molecular complexity index is 3570. The van der Waals surface area contributed by atoms with Crippen LogP contribution in [0.3, 0.4) is 0 Å². The zero-order valence-corrected chi connectivity index (χ0v) is 30.9. The molecule has 0 saturated heterocycles. The van der Waals surface area contributed by atoms with E-state index >= 15 is 0 Å². The van der Waals surface area contributed by atoms with E-state index in [0.29, 0.717) is 0 Å². The maximum atomic E-state index is 5.08. The van der Waals surface area contributed by atoms with Crippen molar-refractivity contribution in [1.82, 2.24) is 14.5 Å². The van der Waals surface area contributed by atoms with Crippen LogP contribution in [0.15, 0.2) is 200 Å². The molecule has 0 N–H and O–H groups in total. The van der Waals surface area contributed by atoms with Crippen LogP contribution < -0.4 is 0 Å². The quantitative estimate of drug-likeness (QED) is 0.169. The van der Waals surface area contributed by atoms with E-state index in [2.05, 4.69) is 187 Å². The Kier molecular flexibility index (Phi) is 6.93. The summed E-state index contributed by atoms with van der Waals surface area (Å²) in [6.45, 7) is 0. The lowest BCUT2D eigenvalue weighted by Crippen LogP contribution is -1.98. The van der Waals surface area contributed by atoms with Crippen molar-refractivity contribution in [2.45, 2.75) is 0 Å². The molecule has 3 nitrogen and oxygen atoms in total. The second-order valence-electron chi connectivity index (χ2n) is 14.9. The highest BCUT2D eigenvalue weighted by atomic mass is 15.0. The maximum absolute atomic E-state index is 5.08. The molecule has 0 aliphatic heterocycles. The summed E-state index contributed by atoms with van der Waals surface area (Å²) >= 11 is 0. The van der Waals surface area contributed by atoms with Crippen molar-refractivity contribution >= 4 is 75.8 Å². The standard InChI is InChI=1S/C54H33N3/c1-3-15-35(16-4-1)48-50-49-44-23-11-9-21-42(44)46(40-30-39-26-25-36-20-13-29-55-51(36)52(39)56-33-40)32-47(49)43-22-10-12-24-45(43)54(50)57(53(48)37-17-5-2-6-18-37)41-28-27-34-14-7-8-19-38(34)31-41/h1-33H. The van der Waals surface area contributed by atoms with Gasteiger partial charge in [-0.2, -0.15) is 0 Å². The zero-order chi connectivity index (χ0) is 37.5. The van der Waals surface area contributed by atoms with E-state index < -0.39 is 0 Å². The van der Waals surface area contributed by atoms with Crippen LogP contribution in [0.4, 0.5) is 0 Å². The molecule has 0 aliphatic carbocycles. The van der Waals surface area contributed by atoms with Gasteiger partial charge in [0.25, 0.3) is 0 Å². The van der Waals surface area contributed by atoms with Gasteiger partial charge in [-0.1, -0.05) is 158 Å². The number of hydrogen-bond acceptors (Lipinski definition) is 2. The van der Waals surface area contributed by atoms with Crippen LogP contribution in [0.5, 0.6) is 0 Å². The van der Waals surface area contributed by atoms with Gasteiger partial charge in [0, 0.05) is 56.1 Å². The summed E-state index contributed by atoms with van der Waals surface area (Å²) in [7, 11) is 0. The summed E-state index contributed by atoms with van der Waals surface area (Å²) in [4.78, 5) is 9.78. The van der Waals surface area contributed by atoms with Crippen molar-refractivity contribution in [3.8, 4) is 39.2 Å². The number of rotatable bonds is 4. The van der Waals surface area contributed by atoms with Crippen molar-refractivity contribution < 1.29 is 0 Å². The van der Waals surface area contributed by atoms with E-state index in [0.717, 1.165) is 38.6 Å². The molecule has 57 heavy (non-hydrogen) atoms. The third kappa shape index (κ3) is 4.79. The average Bonchev–Trinajstić information content (AvgIpc) is 3.65. The van der Waals surface area contributed by atoms with Gasteiger partial charge in [-0.05, 0) is 79.3 Å². The van der Waals surface area contributed by atoms with Crippen molar-refractivity contribution in [3.05, 3.63) is 200 Å². The average molecular weight is 724 g/mol. The van der Waals surface area contributed by atoms with Crippen molar-refractivity contribution in [2.75, 3.05) is 0 Å². The van der Waals surface area contributed by atoms with Crippen molar-refractivity contribution in [1.29, 1.82) is 0 Å². The van der Waals surface area contributed by atoms with Crippen LogP contribution in [-0.4, -0.2) is 14.5 Å². The molecular weight excluding hydrogens is 691 g/mol. The van der Waals surface area contributed by atoms with Gasteiger partial charge in [0.05, 0.1) is 22.2 Å². The van der Waals surface area contributed by atoms with Gasteiger partial charge in [-0.15, -0.1) is 0 Å². The van der Waals surface area contributed by atoms with E-state index in [1.54, 1.807) is 0 Å². The molecule has 0 spiro atoms. The van der Waals surface area contributed by atoms with Crippen LogP contribution in [-0.2, 0) is 0 Å². The predicted octanol–water partition coefficient (Wildman–Crippen LogP) is 14.3. The monoisotopic (exact) mass is 723 g/mol. The lowest BCUT2D eigenvalue weighted by Gasteiger charge is -2.17. The number of aromatic nitrogens is 3. The van der Waals surface area contributed by atoms with Crippen LogP contribution in [0.1, 0.15) is 0 Å². The van der Waals surface area contributed by atoms with Crippen LogP contribution in [0.25, 0.3) is 115 Å². The van der Waals surface area contributed by atoms with Gasteiger partial charge >= 0.3 is 0 Å². The van der Waals surface area contributed by atoms with E-state index in [1.165, 1.54) is 76.4 Å². The zero-order valence-electron chi connectivity index (χ0n) is 30.9. The van der Waals surface area contributed by atoms with Crippen LogP contribution >= 0.6 is 0 Å². The molecule has 264 valence electrons.